The summed E-state index contributed by atoms with van der Waals surface area (Å²) < 4.78 is 0. The van der Waals surface area contributed by atoms with Crippen LogP contribution in [0, 0.1) is 11.8 Å². The summed E-state index contributed by atoms with van der Waals surface area (Å²) in [4.78, 5) is 15.2. The van der Waals surface area contributed by atoms with E-state index in [0.717, 1.165) is 24.3 Å². The highest BCUT2D eigenvalue weighted by Crippen LogP contribution is 2.17. The lowest BCUT2D eigenvalue weighted by molar-refractivity contribution is -0.122. The van der Waals surface area contributed by atoms with E-state index in [-0.39, 0.29) is 17.8 Å². The molecule has 5 nitrogen and oxygen atoms in total. The van der Waals surface area contributed by atoms with Crippen LogP contribution in [-0.2, 0) is 11.2 Å². The minimum absolute atomic E-state index is 0.0312. The van der Waals surface area contributed by atoms with Crippen LogP contribution in [0.2, 0.25) is 0 Å². The van der Waals surface area contributed by atoms with E-state index in [2.05, 4.69) is 25.8 Å². The first kappa shape index (κ1) is 20.0. The Morgan fingerprint density at radius 3 is 1.95 bits per heavy atom. The first-order chi connectivity index (χ1) is 10.3. The zero-order chi connectivity index (χ0) is 17.1. The van der Waals surface area contributed by atoms with Gasteiger partial charge in [0.2, 0.25) is 5.91 Å². The first-order valence-corrected chi connectivity index (χ1v) is 7.74. The number of hydrogen-bond acceptors (Lipinski definition) is 2. The Labute approximate surface area is 134 Å². The number of guanidine groups is 1. The van der Waals surface area contributed by atoms with Crippen LogP contribution in [0.1, 0.15) is 46.1 Å². The van der Waals surface area contributed by atoms with Crippen LogP contribution >= 0.6 is 0 Å². The molecule has 1 rings (SSSR count). The molecule has 0 aliphatic carbocycles. The fourth-order valence-corrected chi connectivity index (χ4v) is 1.83. The molecule has 0 fully saturated rings. The van der Waals surface area contributed by atoms with E-state index in [1.54, 1.807) is 0 Å². The van der Waals surface area contributed by atoms with Gasteiger partial charge in [-0.2, -0.15) is 0 Å². The molecule has 1 unspecified atom stereocenters. The molecule has 22 heavy (non-hydrogen) atoms. The molecule has 0 spiro atoms. The molecule has 0 bridgehead atoms. The Morgan fingerprint density at radius 1 is 1.09 bits per heavy atom. The highest BCUT2D eigenvalue weighted by Gasteiger charge is 2.14. The van der Waals surface area contributed by atoms with Crippen molar-refractivity contribution in [1.29, 1.82) is 0 Å². The summed E-state index contributed by atoms with van der Waals surface area (Å²) in [5, 5.41) is 0. The van der Waals surface area contributed by atoms with Gasteiger partial charge in [-0.1, -0.05) is 46.2 Å². The second kappa shape index (κ2) is 10.7. The predicted octanol–water partition coefficient (Wildman–Crippen LogP) is 2.70. The van der Waals surface area contributed by atoms with Crippen molar-refractivity contribution in [1.82, 2.24) is 0 Å². The molecular formula is C17H30N4O. The fourth-order valence-electron chi connectivity index (χ4n) is 1.83. The largest absolute Gasteiger partial charge is 0.370 e. The van der Waals surface area contributed by atoms with E-state index in [9.17, 15) is 4.79 Å². The summed E-state index contributed by atoms with van der Waals surface area (Å²) in [5.41, 5.74) is 17.7. The van der Waals surface area contributed by atoms with Gasteiger partial charge in [-0.25, -0.2) is 4.99 Å². The van der Waals surface area contributed by atoms with Crippen LogP contribution in [0.15, 0.2) is 29.3 Å². The third-order valence-corrected chi connectivity index (χ3v) is 2.72. The number of carbonyl (C=O) groups excluding carboxylic acids is 1. The topological polar surface area (TPSA) is 107 Å². The third-order valence-electron chi connectivity index (χ3n) is 2.72. The zero-order valence-electron chi connectivity index (χ0n) is 14.2. The summed E-state index contributed by atoms with van der Waals surface area (Å²) in [7, 11) is 0. The van der Waals surface area contributed by atoms with Gasteiger partial charge in [-0.05, 0) is 36.5 Å². The van der Waals surface area contributed by atoms with Crippen LogP contribution in [0.25, 0.3) is 0 Å². The summed E-state index contributed by atoms with van der Waals surface area (Å²) in [6, 6.07) is 7.46. The standard InChI is InChI=1S/C13H20N4O.C4H10/c1-2-3-10(12(14)18)8-9-4-6-11(7-5-9)17-13(15)16;1-4(2)3/h4-7,10H,2-3,8H2,1H3,(H2,14,18)(H4,15,16,17);4H,1-3H3. The molecule has 0 aliphatic heterocycles. The van der Waals surface area contributed by atoms with E-state index in [0.29, 0.717) is 12.1 Å². The highest BCUT2D eigenvalue weighted by molar-refractivity contribution is 5.79. The molecular weight excluding hydrogens is 276 g/mol. The van der Waals surface area contributed by atoms with Crippen molar-refractivity contribution in [3.63, 3.8) is 0 Å². The van der Waals surface area contributed by atoms with Gasteiger partial charge in [-0.3, -0.25) is 4.79 Å². The average Bonchev–Trinajstić information content (AvgIpc) is 2.39. The molecule has 5 heteroatoms. The summed E-state index contributed by atoms with van der Waals surface area (Å²) >= 11 is 0. The number of hydrogen-bond donors (Lipinski definition) is 3. The van der Waals surface area contributed by atoms with Gasteiger partial charge >= 0.3 is 0 Å². The Balaban J connectivity index is 0.000000980. The highest BCUT2D eigenvalue weighted by atomic mass is 16.1. The van der Waals surface area contributed by atoms with E-state index >= 15 is 0 Å². The maximum atomic E-state index is 11.3. The lowest BCUT2D eigenvalue weighted by Gasteiger charge is -2.12. The molecule has 124 valence electrons. The Bertz CT molecular complexity index is 459. The van der Waals surface area contributed by atoms with Crippen molar-refractivity contribution in [2.24, 2.45) is 34.0 Å². The molecule has 0 saturated carbocycles. The van der Waals surface area contributed by atoms with Gasteiger partial charge in [0.25, 0.3) is 0 Å². The average molecular weight is 306 g/mol. The van der Waals surface area contributed by atoms with Crippen molar-refractivity contribution < 1.29 is 4.79 Å². The molecule has 0 saturated heterocycles. The second-order valence-electron chi connectivity index (χ2n) is 6.03. The smallest absolute Gasteiger partial charge is 0.220 e. The SMILES string of the molecule is CC(C)C.CCCC(Cc1ccc(N=C(N)N)cc1)C(N)=O. The molecule has 1 atom stereocenters. The molecule has 0 aliphatic rings. The number of nitrogens with zero attached hydrogens (tertiary/aromatic N) is 1. The zero-order valence-corrected chi connectivity index (χ0v) is 14.2. The number of nitrogens with two attached hydrogens (primary N) is 3. The lowest BCUT2D eigenvalue weighted by atomic mass is 9.94. The number of amides is 1. The van der Waals surface area contributed by atoms with E-state index in [1.165, 1.54) is 0 Å². The third kappa shape index (κ3) is 9.80. The van der Waals surface area contributed by atoms with Gasteiger partial charge in [0.05, 0.1) is 5.69 Å². The number of carbonyl (C=O) groups is 1. The Morgan fingerprint density at radius 2 is 1.59 bits per heavy atom. The number of aliphatic imine (C=N–C) groups is 1. The maximum Gasteiger partial charge on any atom is 0.220 e. The quantitative estimate of drug-likeness (QED) is 0.555. The number of primary amides is 1. The molecule has 6 N–H and O–H groups in total. The van der Waals surface area contributed by atoms with Crippen LogP contribution in [0.4, 0.5) is 5.69 Å². The minimum atomic E-state index is -0.245. The van der Waals surface area contributed by atoms with Gasteiger partial charge < -0.3 is 17.2 Å². The lowest BCUT2D eigenvalue weighted by Crippen LogP contribution is -2.25. The van der Waals surface area contributed by atoms with Crippen LogP contribution in [0.3, 0.4) is 0 Å². The van der Waals surface area contributed by atoms with Crippen molar-refractivity contribution >= 4 is 17.6 Å². The summed E-state index contributed by atoms with van der Waals surface area (Å²) in [6.07, 6.45) is 2.41. The van der Waals surface area contributed by atoms with Crippen LogP contribution in [-0.4, -0.2) is 11.9 Å². The maximum absolute atomic E-state index is 11.3. The first-order valence-electron chi connectivity index (χ1n) is 7.74. The van der Waals surface area contributed by atoms with Crippen molar-refractivity contribution in [2.75, 3.05) is 0 Å². The molecule has 1 aromatic rings. The Hall–Kier alpha value is -2.04. The van der Waals surface area contributed by atoms with Crippen molar-refractivity contribution in [3.8, 4) is 0 Å². The van der Waals surface area contributed by atoms with Crippen LogP contribution < -0.4 is 17.2 Å². The van der Waals surface area contributed by atoms with Crippen molar-refractivity contribution in [2.45, 2.75) is 47.0 Å². The summed E-state index contributed by atoms with van der Waals surface area (Å²) in [6.45, 7) is 8.54. The second-order valence-corrected chi connectivity index (χ2v) is 6.03. The van der Waals surface area contributed by atoms with E-state index in [4.69, 9.17) is 17.2 Å². The van der Waals surface area contributed by atoms with E-state index < -0.39 is 0 Å². The molecule has 0 aromatic heterocycles. The van der Waals surface area contributed by atoms with E-state index in [1.807, 2.05) is 31.2 Å². The minimum Gasteiger partial charge on any atom is -0.370 e. The van der Waals surface area contributed by atoms with Gasteiger partial charge in [0.15, 0.2) is 5.96 Å². The molecule has 1 amide bonds. The van der Waals surface area contributed by atoms with Gasteiger partial charge in [-0.15, -0.1) is 0 Å². The normalized spacial score (nSPS) is 11.3. The Kier molecular flexibility index (Phi) is 9.67. The number of benzene rings is 1. The fraction of sp³-hybridized carbons (Fsp3) is 0.529. The monoisotopic (exact) mass is 306 g/mol. The summed E-state index contributed by atoms with van der Waals surface area (Å²) in [5.74, 6) is 0.512. The van der Waals surface area contributed by atoms with Crippen molar-refractivity contribution in [3.05, 3.63) is 29.8 Å². The number of rotatable bonds is 6. The molecule has 0 radical (unpaired) electrons. The van der Waals surface area contributed by atoms with Crippen LogP contribution in [0.5, 0.6) is 0 Å². The van der Waals surface area contributed by atoms with Gasteiger partial charge in [0, 0.05) is 5.92 Å². The van der Waals surface area contributed by atoms with Gasteiger partial charge in [0.1, 0.15) is 0 Å². The molecule has 0 heterocycles. The molecule has 1 aromatic carbocycles. The predicted molar refractivity (Wildman–Crippen MR) is 93.7 cm³/mol.